The van der Waals surface area contributed by atoms with Gasteiger partial charge >= 0.3 is 0 Å². The fourth-order valence-corrected chi connectivity index (χ4v) is 2.13. The zero-order valence-corrected chi connectivity index (χ0v) is 10.3. The van der Waals surface area contributed by atoms with Crippen molar-refractivity contribution < 1.29 is 4.34 Å². The summed E-state index contributed by atoms with van der Waals surface area (Å²) in [6, 6.07) is 4.18. The number of rotatable bonds is 2. The molecule has 2 nitrogen and oxygen atoms in total. The number of pyridine rings is 1. The largest absolute Gasteiger partial charge is 0.377 e. The fourth-order valence-electron chi connectivity index (χ4n) is 1.03. The van der Waals surface area contributed by atoms with Crippen LogP contribution in [0.2, 0.25) is 0 Å². The predicted octanol–water partition coefficient (Wildman–Crippen LogP) is 1.54. The van der Waals surface area contributed by atoms with E-state index in [4.69, 9.17) is 11.8 Å². The maximum atomic E-state index is 5.42. The third-order valence-electron chi connectivity index (χ3n) is 1.87. The molecule has 0 atom stereocenters. The molecule has 0 unspecified atom stereocenters. The van der Waals surface area contributed by atoms with Gasteiger partial charge in [-0.2, -0.15) is 4.34 Å². The monoisotopic (exact) mass is 215 g/mol. The Balaban J connectivity index is 3.01. The van der Waals surface area contributed by atoms with Gasteiger partial charge in [-0.1, -0.05) is 0 Å². The first-order valence-corrected chi connectivity index (χ1v) is 7.80. The van der Waals surface area contributed by atoms with Gasteiger partial charge in [0, 0.05) is 45.2 Å². The van der Waals surface area contributed by atoms with Gasteiger partial charge in [0.05, 0.1) is 0 Å². The van der Waals surface area contributed by atoms with E-state index in [1.165, 1.54) is 5.69 Å². The van der Waals surface area contributed by atoms with E-state index < -0.39 is 6.19 Å². The summed E-state index contributed by atoms with van der Waals surface area (Å²) in [6.45, 7) is 4.25. The SMILES string of the molecule is CN(C)c1cc[n+](P(C)(C)=S)cc1. The molecule has 0 saturated heterocycles. The van der Waals surface area contributed by atoms with Crippen LogP contribution in [0.5, 0.6) is 0 Å². The molecule has 0 aliphatic rings. The number of nitrogens with zero attached hydrogens (tertiary/aromatic N) is 2. The normalized spacial score (nSPS) is 11.4. The van der Waals surface area contributed by atoms with Crippen LogP contribution < -0.4 is 9.24 Å². The fraction of sp³-hybridized carbons (Fsp3) is 0.444. The summed E-state index contributed by atoms with van der Waals surface area (Å²) in [5, 5.41) is 0. The molecular weight excluding hydrogens is 199 g/mol. The lowest BCUT2D eigenvalue weighted by molar-refractivity contribution is -0.511. The van der Waals surface area contributed by atoms with Crippen LogP contribution in [0.15, 0.2) is 24.5 Å². The van der Waals surface area contributed by atoms with Gasteiger partial charge in [0.25, 0.3) is 0 Å². The predicted molar refractivity (Wildman–Crippen MR) is 62.5 cm³/mol. The lowest BCUT2D eigenvalue weighted by atomic mass is 10.4. The van der Waals surface area contributed by atoms with E-state index in [0.717, 1.165) is 0 Å². The van der Waals surface area contributed by atoms with Crippen molar-refractivity contribution in [1.29, 1.82) is 0 Å². The summed E-state index contributed by atoms with van der Waals surface area (Å²) in [7, 11) is 4.07. The highest BCUT2D eigenvalue weighted by Gasteiger charge is 2.13. The quantitative estimate of drug-likeness (QED) is 0.691. The summed E-state index contributed by atoms with van der Waals surface area (Å²) in [5.41, 5.74) is 1.21. The minimum atomic E-state index is -1.34. The van der Waals surface area contributed by atoms with Gasteiger partial charge in [-0.25, -0.2) is 0 Å². The van der Waals surface area contributed by atoms with E-state index in [2.05, 4.69) is 47.1 Å². The maximum absolute atomic E-state index is 5.42. The highest BCUT2D eigenvalue weighted by molar-refractivity contribution is 8.10. The van der Waals surface area contributed by atoms with Crippen LogP contribution in [0.25, 0.3) is 0 Å². The summed E-state index contributed by atoms with van der Waals surface area (Å²) in [6.07, 6.45) is 2.79. The van der Waals surface area contributed by atoms with Crippen molar-refractivity contribution in [2.45, 2.75) is 0 Å². The molecule has 1 aromatic rings. The van der Waals surface area contributed by atoms with Crippen LogP contribution in [-0.2, 0) is 11.8 Å². The Bertz CT molecular complexity index is 326. The third kappa shape index (κ3) is 2.78. The van der Waals surface area contributed by atoms with Gasteiger partial charge in [0.1, 0.15) is 0 Å². The molecule has 0 aliphatic carbocycles. The van der Waals surface area contributed by atoms with Crippen LogP contribution in [0.4, 0.5) is 5.69 Å². The smallest absolute Gasteiger partial charge is 0.185 e. The van der Waals surface area contributed by atoms with Crippen molar-refractivity contribution >= 4 is 23.7 Å². The second kappa shape index (κ2) is 3.77. The zero-order chi connectivity index (χ0) is 10.1. The molecule has 4 heteroatoms. The second-order valence-electron chi connectivity index (χ2n) is 3.62. The Morgan fingerprint density at radius 1 is 1.23 bits per heavy atom. The molecule has 0 amide bonds. The highest BCUT2D eigenvalue weighted by atomic mass is 32.4. The van der Waals surface area contributed by atoms with Crippen LogP contribution in [-0.4, -0.2) is 27.4 Å². The number of aromatic nitrogens is 1. The lowest BCUT2D eigenvalue weighted by Gasteiger charge is -2.11. The first kappa shape index (κ1) is 10.7. The number of anilines is 1. The van der Waals surface area contributed by atoms with Gasteiger partial charge in [-0.05, 0) is 11.8 Å². The molecule has 0 saturated carbocycles. The number of hydrogen-bond acceptors (Lipinski definition) is 2. The molecule has 13 heavy (non-hydrogen) atoms. The summed E-state index contributed by atoms with van der Waals surface area (Å²) in [4.78, 5) is 2.08. The van der Waals surface area contributed by atoms with Crippen molar-refractivity contribution in [2.75, 3.05) is 32.3 Å². The van der Waals surface area contributed by atoms with Gasteiger partial charge < -0.3 is 4.90 Å². The van der Waals surface area contributed by atoms with Crippen molar-refractivity contribution in [3.8, 4) is 0 Å². The van der Waals surface area contributed by atoms with Crippen molar-refractivity contribution in [2.24, 2.45) is 0 Å². The van der Waals surface area contributed by atoms with E-state index >= 15 is 0 Å². The Labute approximate surface area is 85.3 Å². The molecule has 1 rings (SSSR count). The zero-order valence-electron chi connectivity index (χ0n) is 8.56. The maximum Gasteiger partial charge on any atom is 0.185 e. The molecule has 1 aromatic heterocycles. The van der Waals surface area contributed by atoms with E-state index in [1.54, 1.807) is 0 Å². The molecule has 0 fully saturated rings. The van der Waals surface area contributed by atoms with Crippen molar-refractivity contribution in [3.05, 3.63) is 24.5 Å². The van der Waals surface area contributed by atoms with E-state index in [1.807, 2.05) is 14.1 Å². The Kier molecular flexibility index (Phi) is 3.09. The first-order chi connectivity index (χ1) is 5.91. The molecule has 1 heterocycles. The van der Waals surface area contributed by atoms with Gasteiger partial charge in [0.15, 0.2) is 18.6 Å². The minimum Gasteiger partial charge on any atom is -0.377 e. The minimum absolute atomic E-state index is 1.21. The first-order valence-electron chi connectivity index (χ1n) is 4.16. The molecular formula is C9H16N2PS+. The molecule has 0 aliphatic heterocycles. The molecule has 72 valence electrons. The summed E-state index contributed by atoms with van der Waals surface area (Å²) >= 11 is 5.42. The number of hydrogen-bond donors (Lipinski definition) is 0. The van der Waals surface area contributed by atoms with Crippen LogP contribution >= 0.6 is 6.19 Å². The van der Waals surface area contributed by atoms with Crippen molar-refractivity contribution in [3.63, 3.8) is 0 Å². The van der Waals surface area contributed by atoms with E-state index in [-0.39, 0.29) is 0 Å². The van der Waals surface area contributed by atoms with Crippen LogP contribution in [0.3, 0.4) is 0 Å². The average molecular weight is 215 g/mol. The Morgan fingerprint density at radius 3 is 2.00 bits per heavy atom. The average Bonchev–Trinajstić information content (AvgIpc) is 2.03. The third-order valence-corrected chi connectivity index (χ3v) is 3.81. The molecule has 0 spiro atoms. The molecule has 0 bridgehead atoms. The van der Waals surface area contributed by atoms with E-state index in [9.17, 15) is 0 Å². The molecule has 0 aromatic carbocycles. The topological polar surface area (TPSA) is 7.12 Å². The Morgan fingerprint density at radius 2 is 1.69 bits per heavy atom. The van der Waals surface area contributed by atoms with Gasteiger partial charge in [0.2, 0.25) is 0 Å². The van der Waals surface area contributed by atoms with Crippen LogP contribution in [0.1, 0.15) is 0 Å². The lowest BCUT2D eigenvalue weighted by Crippen LogP contribution is -2.28. The standard InChI is InChI=1S/C9H16N2PS/c1-10(2)9-5-7-11(8-6-9)12(3,4)13/h5-8H,1-4H3/q+1. The van der Waals surface area contributed by atoms with Crippen molar-refractivity contribution in [1.82, 2.24) is 0 Å². The van der Waals surface area contributed by atoms with E-state index in [0.29, 0.717) is 0 Å². The molecule has 0 radical (unpaired) electrons. The Hall–Kier alpha value is -0.400. The second-order valence-corrected chi connectivity index (χ2v) is 9.36. The summed E-state index contributed by atoms with van der Waals surface area (Å²) in [5.74, 6) is 0. The van der Waals surface area contributed by atoms with Gasteiger partial charge in [-0.3, -0.25) is 0 Å². The summed E-state index contributed by atoms with van der Waals surface area (Å²) < 4.78 is 2.13. The van der Waals surface area contributed by atoms with Crippen LogP contribution in [0, 0.1) is 0 Å². The molecule has 0 N–H and O–H groups in total. The highest BCUT2D eigenvalue weighted by Crippen LogP contribution is 2.29. The van der Waals surface area contributed by atoms with Gasteiger partial charge in [-0.15, -0.1) is 0 Å².